The van der Waals surface area contributed by atoms with Gasteiger partial charge in [-0.2, -0.15) is 0 Å². The number of sulfonamides is 1. The number of hydrogen-bond acceptors (Lipinski definition) is 4. The van der Waals surface area contributed by atoms with Gasteiger partial charge < -0.3 is 10.2 Å². The summed E-state index contributed by atoms with van der Waals surface area (Å²) in [6.07, 6.45) is 6.95. The van der Waals surface area contributed by atoms with E-state index in [4.69, 9.17) is 0 Å². The highest BCUT2D eigenvalue weighted by molar-refractivity contribution is 7.92. The molecule has 1 aliphatic rings. The second-order valence-corrected chi connectivity index (χ2v) is 12.0. The van der Waals surface area contributed by atoms with Crippen LogP contribution in [0.4, 0.5) is 10.1 Å². The summed E-state index contributed by atoms with van der Waals surface area (Å²) >= 11 is 0. The lowest BCUT2D eigenvalue weighted by Crippen LogP contribution is -2.51. The second kappa shape index (κ2) is 13.7. The van der Waals surface area contributed by atoms with E-state index < -0.39 is 21.9 Å². The fourth-order valence-electron chi connectivity index (χ4n) is 5.07. The van der Waals surface area contributed by atoms with Crippen LogP contribution in [-0.2, 0) is 26.2 Å². The fraction of sp³-hybridized carbons (Fsp3) is 0.517. The Morgan fingerprint density at radius 3 is 2.34 bits per heavy atom. The number of carbonyl (C=O) groups is 2. The zero-order valence-electron chi connectivity index (χ0n) is 22.7. The third-order valence-corrected chi connectivity index (χ3v) is 8.39. The first kappa shape index (κ1) is 29.6. The summed E-state index contributed by atoms with van der Waals surface area (Å²) in [6, 6.07) is 12.9. The lowest BCUT2D eigenvalue weighted by atomic mass is 9.95. The van der Waals surface area contributed by atoms with Crippen LogP contribution >= 0.6 is 0 Å². The number of rotatable bonds is 12. The topological polar surface area (TPSA) is 86.8 Å². The number of carbonyl (C=O) groups excluding carboxylic acids is 2. The average Bonchev–Trinajstić information content (AvgIpc) is 2.88. The first-order valence-corrected chi connectivity index (χ1v) is 15.3. The Hall–Kier alpha value is -2.94. The summed E-state index contributed by atoms with van der Waals surface area (Å²) in [7, 11) is -3.76. The Balaban J connectivity index is 1.77. The van der Waals surface area contributed by atoms with Crippen molar-refractivity contribution >= 4 is 27.5 Å². The molecule has 2 amide bonds. The first-order valence-electron chi connectivity index (χ1n) is 13.5. The summed E-state index contributed by atoms with van der Waals surface area (Å²) < 4.78 is 40.2. The van der Waals surface area contributed by atoms with E-state index in [-0.39, 0.29) is 49.5 Å². The van der Waals surface area contributed by atoms with Gasteiger partial charge in [0.2, 0.25) is 21.8 Å². The average molecular weight is 546 g/mol. The van der Waals surface area contributed by atoms with Gasteiger partial charge in [0.05, 0.1) is 11.9 Å². The SMILES string of the molecule is CCC(C(=O)NC1CCCCC1)N(Cc1ccccc1C)C(=O)CCCN(c1ccccc1F)S(C)(=O)=O. The fourth-order valence-corrected chi connectivity index (χ4v) is 6.04. The van der Waals surface area contributed by atoms with Crippen molar-refractivity contribution in [1.82, 2.24) is 10.2 Å². The molecule has 2 aromatic rings. The molecule has 1 atom stereocenters. The van der Waals surface area contributed by atoms with E-state index in [1.54, 1.807) is 11.0 Å². The molecule has 1 N–H and O–H groups in total. The highest BCUT2D eigenvalue weighted by atomic mass is 32.2. The van der Waals surface area contributed by atoms with Gasteiger partial charge in [-0.05, 0) is 55.9 Å². The highest BCUT2D eigenvalue weighted by Gasteiger charge is 2.31. The number of hydrogen-bond donors (Lipinski definition) is 1. The quantitative estimate of drug-likeness (QED) is 0.410. The number of halogens is 1. The van der Waals surface area contributed by atoms with Crippen LogP contribution in [0.2, 0.25) is 0 Å². The van der Waals surface area contributed by atoms with E-state index in [0.29, 0.717) is 6.42 Å². The largest absolute Gasteiger partial charge is 0.352 e. The van der Waals surface area contributed by atoms with Crippen molar-refractivity contribution in [3.63, 3.8) is 0 Å². The lowest BCUT2D eigenvalue weighted by Gasteiger charge is -2.33. The number of benzene rings is 2. The van der Waals surface area contributed by atoms with E-state index in [9.17, 15) is 22.4 Å². The molecule has 208 valence electrons. The van der Waals surface area contributed by atoms with Crippen LogP contribution in [0, 0.1) is 12.7 Å². The molecule has 0 bridgehead atoms. The van der Waals surface area contributed by atoms with Gasteiger partial charge >= 0.3 is 0 Å². The van der Waals surface area contributed by atoms with Gasteiger partial charge in [-0.3, -0.25) is 13.9 Å². The molecule has 2 aromatic carbocycles. The van der Waals surface area contributed by atoms with Crippen LogP contribution in [0.3, 0.4) is 0 Å². The third kappa shape index (κ3) is 8.03. The zero-order valence-corrected chi connectivity index (χ0v) is 23.5. The van der Waals surface area contributed by atoms with Crippen LogP contribution in [0.25, 0.3) is 0 Å². The minimum Gasteiger partial charge on any atom is -0.352 e. The van der Waals surface area contributed by atoms with Gasteiger partial charge in [0.25, 0.3) is 0 Å². The molecule has 0 aliphatic heterocycles. The standard InChI is InChI=1S/C29H40FN3O4S/c1-4-26(29(35)31-24-15-6-5-7-16-24)32(21-23-14-9-8-13-22(23)2)28(34)19-12-20-33(38(3,36)37)27-18-11-10-17-25(27)30/h8-11,13-14,17-18,24,26H,4-7,12,15-16,19-21H2,1-3H3,(H,31,35). The van der Waals surface area contributed by atoms with Crippen molar-refractivity contribution in [2.75, 3.05) is 17.1 Å². The molecule has 1 fully saturated rings. The molecule has 38 heavy (non-hydrogen) atoms. The summed E-state index contributed by atoms with van der Waals surface area (Å²) in [5.41, 5.74) is 1.93. The van der Waals surface area contributed by atoms with Crippen molar-refractivity contribution < 1.29 is 22.4 Å². The normalized spacial score (nSPS) is 15.1. The molecule has 3 rings (SSSR count). The number of para-hydroxylation sites is 1. The molecule has 9 heteroatoms. The summed E-state index contributed by atoms with van der Waals surface area (Å²) in [5, 5.41) is 3.17. The van der Waals surface area contributed by atoms with Gasteiger partial charge in [-0.1, -0.05) is 62.6 Å². The van der Waals surface area contributed by atoms with Crippen LogP contribution in [-0.4, -0.2) is 50.0 Å². The molecule has 0 spiro atoms. The van der Waals surface area contributed by atoms with E-state index in [0.717, 1.165) is 47.4 Å². The predicted molar refractivity (Wildman–Crippen MR) is 149 cm³/mol. The van der Waals surface area contributed by atoms with E-state index >= 15 is 0 Å². The van der Waals surface area contributed by atoms with Crippen molar-refractivity contribution in [2.24, 2.45) is 0 Å². The molecular formula is C29H40FN3O4S. The lowest BCUT2D eigenvalue weighted by molar-refractivity contribution is -0.141. The Labute approximate surface area is 226 Å². The molecule has 0 heterocycles. The van der Waals surface area contributed by atoms with E-state index in [2.05, 4.69) is 5.32 Å². The van der Waals surface area contributed by atoms with Crippen LogP contribution in [0.5, 0.6) is 0 Å². The van der Waals surface area contributed by atoms with Gasteiger partial charge in [-0.25, -0.2) is 12.8 Å². The Morgan fingerprint density at radius 1 is 1.05 bits per heavy atom. The van der Waals surface area contributed by atoms with Crippen LogP contribution in [0.1, 0.15) is 69.4 Å². The van der Waals surface area contributed by atoms with E-state index in [1.807, 2.05) is 38.1 Å². The minimum atomic E-state index is -3.76. The molecule has 0 aromatic heterocycles. The Morgan fingerprint density at radius 2 is 1.71 bits per heavy atom. The molecule has 1 aliphatic carbocycles. The molecule has 7 nitrogen and oxygen atoms in total. The maximum absolute atomic E-state index is 14.4. The number of anilines is 1. The van der Waals surface area contributed by atoms with Gasteiger partial charge in [-0.15, -0.1) is 0 Å². The monoisotopic (exact) mass is 545 g/mol. The van der Waals surface area contributed by atoms with Gasteiger partial charge in [0.15, 0.2) is 0 Å². The number of aryl methyl sites for hydroxylation is 1. The third-order valence-electron chi connectivity index (χ3n) is 7.21. The van der Waals surface area contributed by atoms with Crippen molar-refractivity contribution in [3.05, 3.63) is 65.5 Å². The number of nitrogens with one attached hydrogen (secondary N) is 1. The zero-order chi connectivity index (χ0) is 27.7. The summed E-state index contributed by atoms with van der Waals surface area (Å²) in [6.45, 7) is 4.10. The summed E-state index contributed by atoms with van der Waals surface area (Å²) in [5.74, 6) is -1.03. The van der Waals surface area contributed by atoms with Crippen molar-refractivity contribution in [2.45, 2.75) is 83.8 Å². The first-order chi connectivity index (χ1) is 18.1. The van der Waals surface area contributed by atoms with E-state index in [1.165, 1.54) is 24.6 Å². The highest BCUT2D eigenvalue weighted by Crippen LogP contribution is 2.23. The Bertz CT molecular complexity index is 1200. The van der Waals surface area contributed by atoms with Crippen molar-refractivity contribution in [1.29, 1.82) is 0 Å². The molecule has 1 unspecified atom stereocenters. The van der Waals surface area contributed by atoms with Gasteiger partial charge in [0.1, 0.15) is 11.9 Å². The maximum Gasteiger partial charge on any atom is 0.243 e. The predicted octanol–water partition coefficient (Wildman–Crippen LogP) is 4.94. The smallest absolute Gasteiger partial charge is 0.243 e. The van der Waals surface area contributed by atoms with Crippen LogP contribution < -0.4 is 9.62 Å². The van der Waals surface area contributed by atoms with Crippen LogP contribution in [0.15, 0.2) is 48.5 Å². The number of amides is 2. The molecular weight excluding hydrogens is 505 g/mol. The number of nitrogens with zero attached hydrogens (tertiary/aromatic N) is 2. The van der Waals surface area contributed by atoms with Gasteiger partial charge in [0, 0.05) is 25.6 Å². The Kier molecular flexibility index (Phi) is 10.7. The molecule has 0 saturated heterocycles. The summed E-state index contributed by atoms with van der Waals surface area (Å²) in [4.78, 5) is 28.6. The minimum absolute atomic E-state index is 0.0273. The molecule has 0 radical (unpaired) electrons. The molecule has 1 saturated carbocycles. The second-order valence-electron chi connectivity index (χ2n) is 10.1. The maximum atomic E-state index is 14.4. The van der Waals surface area contributed by atoms with Crippen molar-refractivity contribution in [3.8, 4) is 0 Å².